The van der Waals surface area contributed by atoms with Crippen molar-refractivity contribution < 1.29 is 14.8 Å². The highest BCUT2D eigenvalue weighted by atomic mass is 79.9. The fourth-order valence-corrected chi connectivity index (χ4v) is 2.64. The summed E-state index contributed by atoms with van der Waals surface area (Å²) in [7, 11) is 0. The van der Waals surface area contributed by atoms with E-state index in [1.54, 1.807) is 11.0 Å². The summed E-state index contributed by atoms with van der Waals surface area (Å²) >= 11 is 3.08. The molecule has 1 amide bonds. The van der Waals surface area contributed by atoms with Crippen LogP contribution >= 0.6 is 15.9 Å². The Morgan fingerprint density at radius 3 is 2.95 bits per heavy atom. The summed E-state index contributed by atoms with van der Waals surface area (Å²) in [5, 5.41) is 20.1. The number of amides is 1. The highest BCUT2D eigenvalue weighted by Gasteiger charge is 2.29. The molecule has 1 heterocycles. The Kier molecular flexibility index (Phi) is 4.16. The lowest BCUT2D eigenvalue weighted by atomic mass is 10.1. The first-order chi connectivity index (χ1) is 9.04. The van der Waals surface area contributed by atoms with Gasteiger partial charge >= 0.3 is 0 Å². The lowest BCUT2D eigenvalue weighted by Gasteiger charge is -2.23. The third-order valence-electron chi connectivity index (χ3n) is 3.24. The molecule has 1 aliphatic rings. The summed E-state index contributed by atoms with van der Waals surface area (Å²) < 4.78 is 0.342. The van der Waals surface area contributed by atoms with Crippen molar-refractivity contribution in [2.75, 3.05) is 13.2 Å². The molecule has 0 spiro atoms. The van der Waals surface area contributed by atoms with Crippen molar-refractivity contribution in [1.29, 1.82) is 0 Å². The van der Waals surface area contributed by atoms with Crippen molar-refractivity contribution in [3.63, 3.8) is 0 Å². The van der Waals surface area contributed by atoms with Crippen LogP contribution in [0.5, 0.6) is 0 Å². The van der Waals surface area contributed by atoms with E-state index >= 15 is 0 Å². The predicted octanol–water partition coefficient (Wildman–Crippen LogP) is 1.95. The first-order valence-electron chi connectivity index (χ1n) is 5.90. The normalized spacial score (nSPS) is 18.6. The average Bonchev–Trinajstić information content (AvgIpc) is 2.86. The number of hydrogen-bond donors (Lipinski definition) is 1. The smallest absolute Gasteiger partial charge is 0.284 e. The number of halogens is 1. The van der Waals surface area contributed by atoms with Gasteiger partial charge in [0.15, 0.2) is 0 Å². The van der Waals surface area contributed by atoms with Gasteiger partial charge in [-0.05, 0) is 40.9 Å². The van der Waals surface area contributed by atoms with E-state index in [4.69, 9.17) is 0 Å². The van der Waals surface area contributed by atoms with Crippen LogP contribution in [0.2, 0.25) is 0 Å². The largest absolute Gasteiger partial charge is 0.394 e. The van der Waals surface area contributed by atoms with Crippen LogP contribution in [0.4, 0.5) is 5.69 Å². The molecule has 0 bridgehead atoms. The molecule has 1 aromatic rings. The molecule has 0 aromatic heterocycles. The summed E-state index contributed by atoms with van der Waals surface area (Å²) in [6, 6.07) is 4.12. The molecule has 1 N–H and O–H groups in total. The second-order valence-electron chi connectivity index (χ2n) is 4.40. The van der Waals surface area contributed by atoms with Gasteiger partial charge in [-0.1, -0.05) is 0 Å². The van der Waals surface area contributed by atoms with Gasteiger partial charge in [-0.3, -0.25) is 14.9 Å². The summed E-state index contributed by atoms with van der Waals surface area (Å²) in [5.41, 5.74) is 0.140. The Morgan fingerprint density at radius 1 is 1.58 bits per heavy atom. The zero-order valence-corrected chi connectivity index (χ0v) is 11.7. The van der Waals surface area contributed by atoms with Gasteiger partial charge in [-0.2, -0.15) is 0 Å². The highest BCUT2D eigenvalue weighted by Crippen LogP contribution is 2.27. The third kappa shape index (κ3) is 2.76. The fourth-order valence-electron chi connectivity index (χ4n) is 2.24. The molecule has 6 nitrogen and oxygen atoms in total. The van der Waals surface area contributed by atoms with Crippen molar-refractivity contribution in [1.82, 2.24) is 4.90 Å². The minimum absolute atomic E-state index is 0.0790. The second kappa shape index (κ2) is 5.66. The van der Waals surface area contributed by atoms with Crippen LogP contribution in [0.25, 0.3) is 0 Å². The molecule has 0 unspecified atom stereocenters. The number of nitrogens with zero attached hydrogens (tertiary/aromatic N) is 2. The maximum absolute atomic E-state index is 12.3. The van der Waals surface area contributed by atoms with Crippen LogP contribution in [-0.4, -0.2) is 40.0 Å². The van der Waals surface area contributed by atoms with Crippen molar-refractivity contribution >= 4 is 27.5 Å². The Bertz CT molecular complexity index is 520. The Balaban J connectivity index is 2.29. The Labute approximate surface area is 118 Å². The molecular weight excluding hydrogens is 316 g/mol. The second-order valence-corrected chi connectivity index (χ2v) is 5.25. The van der Waals surface area contributed by atoms with E-state index in [-0.39, 0.29) is 29.8 Å². The van der Waals surface area contributed by atoms with Crippen molar-refractivity contribution in [3.05, 3.63) is 38.3 Å². The molecule has 7 heteroatoms. The van der Waals surface area contributed by atoms with Gasteiger partial charge in [0.2, 0.25) is 0 Å². The maximum atomic E-state index is 12.3. The van der Waals surface area contributed by atoms with Crippen molar-refractivity contribution in [2.45, 2.75) is 18.9 Å². The third-order valence-corrected chi connectivity index (χ3v) is 3.91. The number of hydrogen-bond acceptors (Lipinski definition) is 4. The number of likely N-dealkylation sites (tertiary alicyclic amines) is 1. The zero-order chi connectivity index (χ0) is 14.0. The van der Waals surface area contributed by atoms with Gasteiger partial charge in [0.05, 0.1) is 22.0 Å². The molecule has 0 aliphatic carbocycles. The van der Waals surface area contributed by atoms with Crippen LogP contribution in [0.3, 0.4) is 0 Å². The molecule has 0 radical (unpaired) electrons. The number of carbonyl (C=O) groups excluding carboxylic acids is 1. The average molecular weight is 329 g/mol. The van der Waals surface area contributed by atoms with Crippen LogP contribution in [-0.2, 0) is 0 Å². The standard InChI is InChI=1S/C12H13BrN2O4/c13-10-4-3-8(6-11(10)15(18)19)12(17)14-5-1-2-9(14)7-16/h3-4,6,9,16H,1-2,5,7H2/t9-/m1/s1. The van der Waals surface area contributed by atoms with E-state index in [9.17, 15) is 20.0 Å². The monoisotopic (exact) mass is 328 g/mol. The number of rotatable bonds is 3. The Hall–Kier alpha value is -1.47. The lowest BCUT2D eigenvalue weighted by molar-refractivity contribution is -0.385. The SMILES string of the molecule is O=C(c1ccc(Br)c([N+](=O)[O-])c1)N1CCC[C@@H]1CO. The van der Waals surface area contributed by atoms with E-state index in [1.165, 1.54) is 12.1 Å². The topological polar surface area (TPSA) is 83.7 Å². The van der Waals surface area contributed by atoms with Crippen molar-refractivity contribution in [2.24, 2.45) is 0 Å². The van der Waals surface area contributed by atoms with Gasteiger partial charge < -0.3 is 10.0 Å². The molecule has 2 rings (SSSR count). The summed E-state index contributed by atoms with van der Waals surface area (Å²) in [4.78, 5) is 24.2. The van der Waals surface area contributed by atoms with Crippen molar-refractivity contribution in [3.8, 4) is 0 Å². The molecule has 1 saturated heterocycles. The van der Waals surface area contributed by atoms with E-state index in [1.807, 2.05) is 0 Å². The van der Waals surface area contributed by atoms with Gasteiger partial charge in [0.25, 0.3) is 11.6 Å². The van der Waals surface area contributed by atoms with Crippen LogP contribution in [0.15, 0.2) is 22.7 Å². The summed E-state index contributed by atoms with van der Waals surface area (Å²) in [5.74, 6) is -0.271. The number of aliphatic hydroxyl groups excluding tert-OH is 1. The van der Waals surface area contributed by atoms with Crippen LogP contribution in [0, 0.1) is 10.1 Å². The minimum Gasteiger partial charge on any atom is -0.394 e. The first kappa shape index (κ1) is 14.0. The molecule has 102 valence electrons. The summed E-state index contributed by atoms with van der Waals surface area (Å²) in [6.45, 7) is 0.498. The van der Waals surface area contributed by atoms with E-state index in [0.29, 0.717) is 11.0 Å². The lowest BCUT2D eigenvalue weighted by Crippen LogP contribution is -2.37. The molecule has 1 fully saturated rings. The van der Waals surface area contributed by atoms with E-state index in [0.717, 1.165) is 12.8 Å². The van der Waals surface area contributed by atoms with Gasteiger partial charge in [-0.15, -0.1) is 0 Å². The highest BCUT2D eigenvalue weighted by molar-refractivity contribution is 9.10. The number of carbonyl (C=O) groups is 1. The van der Waals surface area contributed by atoms with E-state index < -0.39 is 4.92 Å². The van der Waals surface area contributed by atoms with Gasteiger partial charge in [0, 0.05) is 18.2 Å². The molecule has 1 atom stereocenters. The van der Waals surface area contributed by atoms with Gasteiger partial charge in [-0.25, -0.2) is 0 Å². The maximum Gasteiger partial charge on any atom is 0.284 e. The summed E-state index contributed by atoms with van der Waals surface area (Å²) in [6.07, 6.45) is 1.61. The quantitative estimate of drug-likeness (QED) is 0.679. The molecule has 1 aliphatic heterocycles. The van der Waals surface area contributed by atoms with Crippen LogP contribution < -0.4 is 0 Å². The number of aliphatic hydroxyl groups is 1. The number of nitro groups is 1. The Morgan fingerprint density at radius 2 is 2.32 bits per heavy atom. The zero-order valence-electron chi connectivity index (χ0n) is 10.1. The molecule has 1 aromatic carbocycles. The van der Waals surface area contributed by atoms with E-state index in [2.05, 4.69) is 15.9 Å². The fraction of sp³-hybridized carbons (Fsp3) is 0.417. The first-order valence-corrected chi connectivity index (χ1v) is 6.69. The number of nitro benzene ring substituents is 1. The number of benzene rings is 1. The van der Waals surface area contributed by atoms with Gasteiger partial charge in [0.1, 0.15) is 0 Å². The predicted molar refractivity (Wildman–Crippen MR) is 71.9 cm³/mol. The molecular formula is C12H13BrN2O4. The minimum atomic E-state index is -0.533. The molecule has 0 saturated carbocycles. The van der Waals surface area contributed by atoms with Crippen LogP contribution in [0.1, 0.15) is 23.2 Å². The molecule has 19 heavy (non-hydrogen) atoms.